The maximum absolute atomic E-state index is 12.0. The molecule has 5 nitrogen and oxygen atoms in total. The van der Waals surface area contributed by atoms with Crippen molar-refractivity contribution in [2.75, 3.05) is 6.54 Å². The lowest BCUT2D eigenvalue weighted by atomic mass is 10.1. The summed E-state index contributed by atoms with van der Waals surface area (Å²) in [6.45, 7) is 4.20. The van der Waals surface area contributed by atoms with Gasteiger partial charge in [-0.1, -0.05) is 6.07 Å². The maximum atomic E-state index is 12.0. The van der Waals surface area contributed by atoms with Crippen LogP contribution in [0.2, 0.25) is 0 Å². The topological polar surface area (TPSA) is 96.0 Å². The van der Waals surface area contributed by atoms with Crippen molar-refractivity contribution >= 4 is 15.9 Å². The van der Waals surface area contributed by atoms with E-state index in [1.165, 1.54) is 0 Å². The Hall–Kier alpha value is -1.40. The molecular formula is C13H21N3O2S. The van der Waals surface area contributed by atoms with E-state index >= 15 is 0 Å². The molecule has 4 N–H and O–H groups in total. The zero-order valence-corrected chi connectivity index (χ0v) is 12.2. The number of benzene rings is 1. The van der Waals surface area contributed by atoms with Crippen molar-refractivity contribution in [1.29, 1.82) is 5.41 Å². The lowest BCUT2D eigenvalue weighted by Gasteiger charge is -2.08. The molecule has 0 amide bonds. The molecule has 0 saturated carbocycles. The zero-order chi connectivity index (χ0) is 14.5. The summed E-state index contributed by atoms with van der Waals surface area (Å²) in [5.41, 5.74) is 7.25. The van der Waals surface area contributed by atoms with Crippen LogP contribution in [0.15, 0.2) is 23.1 Å². The molecule has 0 aliphatic heterocycles. The summed E-state index contributed by atoms with van der Waals surface area (Å²) < 4.78 is 26.6. The third kappa shape index (κ3) is 5.00. The van der Waals surface area contributed by atoms with Gasteiger partial charge >= 0.3 is 0 Å². The average molecular weight is 283 g/mol. The van der Waals surface area contributed by atoms with E-state index in [2.05, 4.69) is 4.72 Å². The standard InChI is InChI=1S/C13H21N3O2S/c1-10-6-7-12(9-11(10)2)19(17,18)16-8-4-3-5-13(14)15/h6-7,9,16H,3-5,8H2,1-2H3,(H3,14,15). The van der Waals surface area contributed by atoms with Crippen molar-refractivity contribution in [3.63, 3.8) is 0 Å². The fourth-order valence-corrected chi connectivity index (χ4v) is 2.77. The Labute approximate surface area is 114 Å². The van der Waals surface area contributed by atoms with Gasteiger partial charge < -0.3 is 5.73 Å². The molecule has 0 aliphatic rings. The quantitative estimate of drug-likeness (QED) is 0.403. The van der Waals surface area contributed by atoms with Gasteiger partial charge in [0.05, 0.1) is 10.7 Å². The second kappa shape index (κ2) is 6.68. The van der Waals surface area contributed by atoms with E-state index < -0.39 is 10.0 Å². The molecule has 0 aromatic heterocycles. The molecule has 0 atom stereocenters. The molecule has 0 bridgehead atoms. The molecule has 6 heteroatoms. The number of rotatable bonds is 7. The minimum atomic E-state index is -3.44. The molecule has 0 aliphatic carbocycles. The minimum absolute atomic E-state index is 0.136. The summed E-state index contributed by atoms with van der Waals surface area (Å²) in [5, 5.41) is 7.07. The molecule has 0 heterocycles. The summed E-state index contributed by atoms with van der Waals surface area (Å²) in [7, 11) is -3.44. The van der Waals surface area contributed by atoms with Crippen molar-refractivity contribution in [1.82, 2.24) is 4.72 Å². The smallest absolute Gasteiger partial charge is 0.240 e. The highest BCUT2D eigenvalue weighted by Gasteiger charge is 2.13. The molecule has 0 radical (unpaired) electrons. The van der Waals surface area contributed by atoms with Crippen LogP contribution in [0.5, 0.6) is 0 Å². The second-order valence-corrected chi connectivity index (χ2v) is 6.39. The van der Waals surface area contributed by atoms with Crippen LogP contribution in [-0.2, 0) is 10.0 Å². The number of hydrogen-bond acceptors (Lipinski definition) is 3. The molecule has 1 rings (SSSR count). The highest BCUT2D eigenvalue weighted by atomic mass is 32.2. The van der Waals surface area contributed by atoms with Gasteiger partial charge in [-0.3, -0.25) is 5.41 Å². The summed E-state index contributed by atoms with van der Waals surface area (Å²) in [5.74, 6) is 0.136. The van der Waals surface area contributed by atoms with E-state index in [0.717, 1.165) is 11.1 Å². The summed E-state index contributed by atoms with van der Waals surface area (Å²) >= 11 is 0. The first-order valence-corrected chi connectivity index (χ1v) is 7.71. The lowest BCUT2D eigenvalue weighted by Crippen LogP contribution is -2.25. The van der Waals surface area contributed by atoms with Crippen molar-refractivity contribution < 1.29 is 8.42 Å². The summed E-state index contributed by atoms with van der Waals surface area (Å²) in [6.07, 6.45) is 1.89. The number of unbranched alkanes of at least 4 members (excludes halogenated alkanes) is 1. The van der Waals surface area contributed by atoms with E-state index in [1.54, 1.807) is 18.2 Å². The zero-order valence-electron chi connectivity index (χ0n) is 11.4. The summed E-state index contributed by atoms with van der Waals surface area (Å²) in [6, 6.07) is 5.09. The molecule has 19 heavy (non-hydrogen) atoms. The molecule has 1 aromatic carbocycles. The molecule has 0 unspecified atom stereocenters. The minimum Gasteiger partial charge on any atom is -0.388 e. The fraction of sp³-hybridized carbons (Fsp3) is 0.462. The Bertz CT molecular complexity index is 553. The number of aryl methyl sites for hydroxylation is 2. The number of nitrogens with two attached hydrogens (primary N) is 1. The SMILES string of the molecule is Cc1ccc(S(=O)(=O)NCCCCC(=N)N)cc1C. The van der Waals surface area contributed by atoms with E-state index in [9.17, 15) is 8.42 Å². The predicted octanol–water partition coefficient (Wildman–Crippen LogP) is 1.69. The van der Waals surface area contributed by atoms with E-state index in [-0.39, 0.29) is 5.84 Å². The second-order valence-electron chi connectivity index (χ2n) is 4.63. The Morgan fingerprint density at radius 3 is 2.53 bits per heavy atom. The van der Waals surface area contributed by atoms with Crippen molar-refractivity contribution in [3.05, 3.63) is 29.3 Å². The van der Waals surface area contributed by atoms with Crippen LogP contribution in [0, 0.1) is 19.3 Å². The highest BCUT2D eigenvalue weighted by molar-refractivity contribution is 7.89. The van der Waals surface area contributed by atoms with Gasteiger partial charge in [0.25, 0.3) is 0 Å². The number of nitrogens with one attached hydrogen (secondary N) is 2. The van der Waals surface area contributed by atoms with Gasteiger partial charge in [0, 0.05) is 13.0 Å². The fourth-order valence-electron chi connectivity index (χ4n) is 1.61. The third-order valence-electron chi connectivity index (χ3n) is 2.95. The first-order valence-electron chi connectivity index (χ1n) is 6.23. The van der Waals surface area contributed by atoms with Crippen LogP contribution in [-0.4, -0.2) is 20.8 Å². The van der Waals surface area contributed by atoms with E-state index in [4.69, 9.17) is 11.1 Å². The molecule has 0 spiro atoms. The van der Waals surface area contributed by atoms with Crippen LogP contribution in [0.1, 0.15) is 30.4 Å². The van der Waals surface area contributed by atoms with Gasteiger partial charge in [0.1, 0.15) is 0 Å². The molecule has 0 fully saturated rings. The predicted molar refractivity (Wildman–Crippen MR) is 76.9 cm³/mol. The molecule has 106 valence electrons. The van der Waals surface area contributed by atoms with Gasteiger partial charge in [-0.15, -0.1) is 0 Å². The van der Waals surface area contributed by atoms with Gasteiger partial charge in [0.2, 0.25) is 10.0 Å². The largest absolute Gasteiger partial charge is 0.388 e. The number of hydrogen-bond donors (Lipinski definition) is 3. The summed E-state index contributed by atoms with van der Waals surface area (Å²) in [4.78, 5) is 0.294. The monoisotopic (exact) mass is 283 g/mol. The number of amidine groups is 1. The van der Waals surface area contributed by atoms with Gasteiger partial charge in [-0.25, -0.2) is 13.1 Å². The average Bonchev–Trinajstić information content (AvgIpc) is 2.31. The molecule has 1 aromatic rings. The van der Waals surface area contributed by atoms with Gasteiger partial charge in [-0.05, 0) is 49.9 Å². The Morgan fingerprint density at radius 1 is 1.26 bits per heavy atom. The van der Waals surface area contributed by atoms with Crippen molar-refractivity contribution in [2.24, 2.45) is 5.73 Å². The van der Waals surface area contributed by atoms with Crippen LogP contribution in [0.25, 0.3) is 0 Å². The van der Waals surface area contributed by atoms with Crippen molar-refractivity contribution in [3.8, 4) is 0 Å². The Balaban J connectivity index is 2.56. The molecular weight excluding hydrogens is 262 g/mol. The molecule has 0 saturated heterocycles. The lowest BCUT2D eigenvalue weighted by molar-refractivity contribution is 0.577. The third-order valence-corrected chi connectivity index (χ3v) is 4.41. The first-order chi connectivity index (χ1) is 8.83. The highest BCUT2D eigenvalue weighted by Crippen LogP contribution is 2.14. The van der Waals surface area contributed by atoms with Gasteiger partial charge in [-0.2, -0.15) is 0 Å². The Morgan fingerprint density at radius 2 is 1.95 bits per heavy atom. The Kier molecular flexibility index (Phi) is 5.50. The normalized spacial score (nSPS) is 11.5. The van der Waals surface area contributed by atoms with Crippen LogP contribution < -0.4 is 10.5 Å². The van der Waals surface area contributed by atoms with Crippen LogP contribution in [0.4, 0.5) is 0 Å². The van der Waals surface area contributed by atoms with Crippen LogP contribution >= 0.6 is 0 Å². The van der Waals surface area contributed by atoms with Gasteiger partial charge in [0.15, 0.2) is 0 Å². The van der Waals surface area contributed by atoms with E-state index in [0.29, 0.717) is 30.7 Å². The van der Waals surface area contributed by atoms with Crippen molar-refractivity contribution in [2.45, 2.75) is 38.0 Å². The van der Waals surface area contributed by atoms with E-state index in [1.807, 2.05) is 13.8 Å². The first kappa shape index (κ1) is 15.7. The van der Waals surface area contributed by atoms with Crippen LogP contribution in [0.3, 0.4) is 0 Å². The number of sulfonamides is 1. The maximum Gasteiger partial charge on any atom is 0.240 e.